The molecule has 2 heterocycles. The smallest absolute Gasteiger partial charge is 0.153 e. The van der Waals surface area contributed by atoms with Crippen molar-refractivity contribution < 1.29 is 18.3 Å². The van der Waals surface area contributed by atoms with Gasteiger partial charge in [0.05, 0.1) is 29.8 Å². The highest BCUT2D eigenvalue weighted by Crippen LogP contribution is 2.37. The van der Waals surface area contributed by atoms with Crippen molar-refractivity contribution in [2.75, 3.05) is 18.1 Å². The molecule has 3 rings (SSSR count). The Hall–Kier alpha value is -0.910. The van der Waals surface area contributed by atoms with Gasteiger partial charge in [-0.05, 0) is 24.0 Å². The van der Waals surface area contributed by atoms with Crippen LogP contribution in [0.1, 0.15) is 30.1 Å². The molecule has 0 bridgehead atoms. The molecule has 0 aromatic heterocycles. The van der Waals surface area contributed by atoms with Crippen LogP contribution in [0.3, 0.4) is 0 Å². The van der Waals surface area contributed by atoms with E-state index in [1.807, 2.05) is 18.2 Å². The Morgan fingerprint density at radius 3 is 2.89 bits per heavy atom. The molecule has 1 aromatic rings. The molecular formula is C14H18O4S. The van der Waals surface area contributed by atoms with Gasteiger partial charge in [0.15, 0.2) is 9.84 Å². The number of sulfone groups is 1. The number of fused-ring (bicyclic) bond motifs is 1. The van der Waals surface area contributed by atoms with Gasteiger partial charge < -0.3 is 9.84 Å². The lowest BCUT2D eigenvalue weighted by atomic mass is 9.88. The largest absolute Gasteiger partial charge is 0.389 e. The Morgan fingerprint density at radius 2 is 2.16 bits per heavy atom. The Kier molecular flexibility index (Phi) is 3.15. The topological polar surface area (TPSA) is 63.6 Å². The van der Waals surface area contributed by atoms with Crippen molar-refractivity contribution in [2.24, 2.45) is 0 Å². The number of hydrogen-bond donors (Lipinski definition) is 1. The molecule has 1 aromatic carbocycles. The third-order valence-corrected chi connectivity index (χ3v) is 5.83. The van der Waals surface area contributed by atoms with Crippen LogP contribution in [0.4, 0.5) is 0 Å². The number of ether oxygens (including phenoxy) is 1. The van der Waals surface area contributed by atoms with Gasteiger partial charge in [-0.15, -0.1) is 0 Å². The lowest BCUT2D eigenvalue weighted by molar-refractivity contribution is -0.0329. The third-order valence-electron chi connectivity index (χ3n) is 4.02. The van der Waals surface area contributed by atoms with Gasteiger partial charge in [0.25, 0.3) is 0 Å². The van der Waals surface area contributed by atoms with Crippen molar-refractivity contribution in [2.45, 2.75) is 31.0 Å². The fourth-order valence-electron chi connectivity index (χ4n) is 3.05. The van der Waals surface area contributed by atoms with Crippen LogP contribution < -0.4 is 0 Å². The minimum absolute atomic E-state index is 0.0812. The number of rotatable bonds is 2. The molecular weight excluding hydrogens is 264 g/mol. The summed E-state index contributed by atoms with van der Waals surface area (Å²) >= 11 is 0. The highest BCUT2D eigenvalue weighted by molar-refractivity contribution is 7.91. The van der Waals surface area contributed by atoms with Crippen molar-refractivity contribution in [3.63, 3.8) is 0 Å². The predicted molar refractivity (Wildman–Crippen MR) is 71.7 cm³/mol. The van der Waals surface area contributed by atoms with E-state index in [1.165, 1.54) is 5.56 Å². The Labute approximate surface area is 113 Å². The van der Waals surface area contributed by atoms with Crippen LogP contribution in [0.15, 0.2) is 24.3 Å². The highest BCUT2D eigenvalue weighted by Gasteiger charge is 2.43. The van der Waals surface area contributed by atoms with Gasteiger partial charge in [0.2, 0.25) is 0 Å². The van der Waals surface area contributed by atoms with Crippen LogP contribution in [-0.4, -0.2) is 37.2 Å². The molecule has 0 spiro atoms. The average molecular weight is 282 g/mol. The summed E-state index contributed by atoms with van der Waals surface area (Å²) in [4.78, 5) is 0. The summed E-state index contributed by atoms with van der Waals surface area (Å²) in [5.74, 6) is -0.0557. The molecule has 0 amide bonds. The minimum Gasteiger partial charge on any atom is -0.389 e. The molecule has 1 saturated heterocycles. The van der Waals surface area contributed by atoms with Crippen molar-refractivity contribution in [1.29, 1.82) is 0 Å². The van der Waals surface area contributed by atoms with Crippen molar-refractivity contribution in [1.82, 2.24) is 0 Å². The van der Waals surface area contributed by atoms with E-state index in [2.05, 4.69) is 6.07 Å². The molecule has 2 aliphatic heterocycles. The van der Waals surface area contributed by atoms with Crippen molar-refractivity contribution in [3.05, 3.63) is 35.4 Å². The van der Waals surface area contributed by atoms with Gasteiger partial charge in [-0.3, -0.25) is 0 Å². The molecule has 0 saturated carbocycles. The molecule has 2 atom stereocenters. The molecule has 0 radical (unpaired) electrons. The summed E-state index contributed by atoms with van der Waals surface area (Å²) in [5, 5.41) is 10.4. The molecule has 2 unspecified atom stereocenters. The molecule has 5 heteroatoms. The zero-order valence-corrected chi connectivity index (χ0v) is 11.5. The van der Waals surface area contributed by atoms with Gasteiger partial charge in [-0.2, -0.15) is 0 Å². The second-order valence-electron chi connectivity index (χ2n) is 5.58. The van der Waals surface area contributed by atoms with Gasteiger partial charge in [-0.25, -0.2) is 8.42 Å². The zero-order chi connectivity index (χ0) is 13.5. The van der Waals surface area contributed by atoms with Gasteiger partial charge in [0, 0.05) is 6.42 Å². The van der Waals surface area contributed by atoms with Crippen LogP contribution >= 0.6 is 0 Å². The average Bonchev–Trinajstić information content (AvgIpc) is 2.64. The van der Waals surface area contributed by atoms with E-state index in [0.717, 1.165) is 12.0 Å². The Morgan fingerprint density at radius 1 is 1.37 bits per heavy atom. The van der Waals surface area contributed by atoms with Crippen LogP contribution in [0.5, 0.6) is 0 Å². The summed E-state index contributed by atoms with van der Waals surface area (Å²) in [5.41, 5.74) is 1.20. The Bertz CT molecular complexity index is 581. The SMILES string of the molecule is O=S1(=O)CCC(O)(CC2OCCc3ccccc32)C1. The third kappa shape index (κ3) is 2.68. The van der Waals surface area contributed by atoms with Crippen molar-refractivity contribution >= 4 is 9.84 Å². The summed E-state index contributed by atoms with van der Waals surface area (Å²) in [6, 6.07) is 8.03. The van der Waals surface area contributed by atoms with Crippen LogP contribution in [-0.2, 0) is 21.0 Å². The highest BCUT2D eigenvalue weighted by atomic mass is 32.2. The second kappa shape index (κ2) is 4.58. The molecule has 0 aliphatic carbocycles. The number of benzene rings is 1. The summed E-state index contributed by atoms with van der Waals surface area (Å²) in [6.45, 7) is 0.629. The fourth-order valence-corrected chi connectivity index (χ4v) is 4.97. The van der Waals surface area contributed by atoms with Gasteiger partial charge >= 0.3 is 0 Å². The maximum Gasteiger partial charge on any atom is 0.153 e. The van der Waals surface area contributed by atoms with E-state index in [-0.39, 0.29) is 17.6 Å². The molecule has 19 heavy (non-hydrogen) atoms. The van der Waals surface area contributed by atoms with Crippen LogP contribution in [0, 0.1) is 0 Å². The van der Waals surface area contributed by atoms with Gasteiger partial charge in [-0.1, -0.05) is 24.3 Å². The van der Waals surface area contributed by atoms with Crippen LogP contribution in [0.2, 0.25) is 0 Å². The molecule has 4 nitrogen and oxygen atoms in total. The maximum absolute atomic E-state index is 11.5. The fraction of sp³-hybridized carbons (Fsp3) is 0.571. The molecule has 1 fully saturated rings. The lowest BCUT2D eigenvalue weighted by Crippen LogP contribution is -2.34. The van der Waals surface area contributed by atoms with E-state index < -0.39 is 15.4 Å². The first-order valence-electron chi connectivity index (χ1n) is 6.60. The van der Waals surface area contributed by atoms with Gasteiger partial charge in [0.1, 0.15) is 0 Å². The van der Waals surface area contributed by atoms with E-state index in [1.54, 1.807) is 0 Å². The molecule has 1 N–H and O–H groups in total. The molecule has 104 valence electrons. The van der Waals surface area contributed by atoms with E-state index >= 15 is 0 Å². The maximum atomic E-state index is 11.5. The van der Waals surface area contributed by atoms with E-state index in [9.17, 15) is 13.5 Å². The standard InChI is InChI=1S/C14H18O4S/c15-14(6-8-19(16,17)10-14)9-13-12-4-2-1-3-11(12)5-7-18-13/h1-4,13,15H,5-10H2. The van der Waals surface area contributed by atoms with E-state index in [0.29, 0.717) is 19.4 Å². The second-order valence-corrected chi connectivity index (χ2v) is 7.76. The normalized spacial score (nSPS) is 33.0. The number of hydrogen-bond acceptors (Lipinski definition) is 4. The van der Waals surface area contributed by atoms with Crippen molar-refractivity contribution in [3.8, 4) is 0 Å². The lowest BCUT2D eigenvalue weighted by Gasteiger charge is -2.31. The minimum atomic E-state index is -3.09. The first kappa shape index (κ1) is 13.1. The summed E-state index contributed by atoms with van der Waals surface area (Å²) in [6.07, 6.45) is 1.37. The summed E-state index contributed by atoms with van der Waals surface area (Å²) < 4.78 is 28.8. The molecule has 2 aliphatic rings. The first-order valence-corrected chi connectivity index (χ1v) is 8.42. The quantitative estimate of drug-likeness (QED) is 0.886. The Balaban J connectivity index is 1.82. The van der Waals surface area contributed by atoms with Crippen LogP contribution in [0.25, 0.3) is 0 Å². The first-order chi connectivity index (χ1) is 8.98. The number of aliphatic hydroxyl groups is 1. The van der Waals surface area contributed by atoms with E-state index in [4.69, 9.17) is 4.74 Å². The zero-order valence-electron chi connectivity index (χ0n) is 10.7. The monoisotopic (exact) mass is 282 g/mol. The summed E-state index contributed by atoms with van der Waals surface area (Å²) in [7, 11) is -3.09. The predicted octanol–water partition coefficient (Wildman–Crippen LogP) is 1.24.